The maximum atomic E-state index is 12.9. The molecule has 3 aromatic heterocycles. The van der Waals surface area contributed by atoms with Gasteiger partial charge in [0.1, 0.15) is 18.5 Å². The van der Waals surface area contributed by atoms with Gasteiger partial charge in [0, 0.05) is 24.8 Å². The number of urea groups is 1. The summed E-state index contributed by atoms with van der Waals surface area (Å²) in [5, 5.41) is 59.3. The van der Waals surface area contributed by atoms with Gasteiger partial charge < -0.3 is 40.9 Å². The Kier molecular flexibility index (Phi) is 9.93. The second-order valence-electron chi connectivity index (χ2n) is 12.8. The number of nitrogens with two attached hydrogens (primary N) is 1. The molecule has 5 heterocycles. The van der Waals surface area contributed by atoms with Crippen LogP contribution in [0.3, 0.4) is 0 Å². The van der Waals surface area contributed by atoms with E-state index in [0.29, 0.717) is 32.5 Å². The molecule has 5 aromatic rings. The van der Waals surface area contributed by atoms with Crippen LogP contribution in [0.25, 0.3) is 11.2 Å². The molecule has 2 amide bonds. The molecule has 2 aromatic carbocycles. The average Bonchev–Trinajstić information content (AvgIpc) is 3.96. The van der Waals surface area contributed by atoms with Crippen molar-refractivity contribution in [2.24, 2.45) is 5.14 Å². The minimum atomic E-state index is -3.96. The molecule has 0 aliphatic carbocycles. The summed E-state index contributed by atoms with van der Waals surface area (Å²) in [5.74, 6) is 0.522. The molecule has 0 radical (unpaired) electrons. The van der Waals surface area contributed by atoms with E-state index in [1.54, 1.807) is 6.07 Å². The maximum absolute atomic E-state index is 12.9. The quantitative estimate of drug-likeness (QED) is 0.0835. The van der Waals surface area contributed by atoms with E-state index in [2.05, 4.69) is 36.3 Å². The van der Waals surface area contributed by atoms with Crippen molar-refractivity contribution in [3.8, 4) is 0 Å². The number of amides is 2. The molecule has 2 fully saturated rings. The zero-order valence-electron chi connectivity index (χ0n) is 28.5. The van der Waals surface area contributed by atoms with Crippen molar-refractivity contribution in [3.05, 3.63) is 72.3 Å². The summed E-state index contributed by atoms with van der Waals surface area (Å²) in [5.41, 5.74) is -0.120. The number of aryl methyl sites for hydroxylation is 1. The number of tetrazole rings is 1. The van der Waals surface area contributed by atoms with Gasteiger partial charge >= 0.3 is 6.03 Å². The summed E-state index contributed by atoms with van der Waals surface area (Å²) in [6.07, 6.45) is -0.438. The lowest BCUT2D eigenvalue weighted by Crippen LogP contribution is -2.47. The van der Waals surface area contributed by atoms with E-state index in [1.807, 2.05) is 42.2 Å². The monoisotopic (exact) mass is 749 g/mol. The van der Waals surface area contributed by atoms with E-state index >= 15 is 0 Å². The first-order chi connectivity index (χ1) is 25.5. The van der Waals surface area contributed by atoms with Gasteiger partial charge in [-0.25, -0.2) is 23.3 Å². The number of hydrogen-bond acceptors (Lipinski definition) is 15. The number of anilines is 3. The summed E-state index contributed by atoms with van der Waals surface area (Å²) >= 11 is 0. The van der Waals surface area contributed by atoms with Crippen molar-refractivity contribution in [1.82, 2.24) is 45.0 Å². The summed E-state index contributed by atoms with van der Waals surface area (Å²) in [4.78, 5) is 30.3. The molecular weight excluding hydrogens is 711 g/mol. The molecule has 53 heavy (non-hydrogen) atoms. The number of aliphatic hydroxyl groups is 3. The zero-order chi connectivity index (χ0) is 37.3. The molecule has 2 saturated heterocycles. The number of rotatable bonds is 12. The Balaban J connectivity index is 1.21. The molecule has 2 aliphatic heterocycles. The molecule has 5 atom stereocenters. The number of aromatic nitrogens is 8. The molecular formula is C32H39N13O7S. The van der Waals surface area contributed by atoms with Gasteiger partial charge in [0.25, 0.3) is 0 Å². The van der Waals surface area contributed by atoms with Gasteiger partial charge in [0.05, 0.1) is 30.7 Å². The number of fused-ring (bicyclic) bond motifs is 1. The zero-order valence-corrected chi connectivity index (χ0v) is 29.3. The van der Waals surface area contributed by atoms with Gasteiger partial charge in [-0.1, -0.05) is 36.4 Å². The van der Waals surface area contributed by atoms with Gasteiger partial charge in [-0.05, 0) is 48.7 Å². The summed E-state index contributed by atoms with van der Waals surface area (Å²) in [7, 11) is -3.96. The normalized spacial score (nSPS) is 22.3. The number of carbonyl (C=O) groups excluding carboxylic acids is 1. The number of aliphatic hydroxyl groups excluding tert-OH is 3. The van der Waals surface area contributed by atoms with Crippen molar-refractivity contribution in [2.45, 2.75) is 61.2 Å². The highest BCUT2D eigenvalue weighted by atomic mass is 32.2. The fourth-order valence-corrected chi connectivity index (χ4v) is 7.04. The summed E-state index contributed by atoms with van der Waals surface area (Å²) in [6.45, 7) is 2.48. The summed E-state index contributed by atoms with van der Waals surface area (Å²) < 4.78 is 31.1. The maximum Gasteiger partial charge on any atom is 0.319 e. The number of nitrogens with one attached hydrogen (secondary N) is 3. The van der Waals surface area contributed by atoms with Gasteiger partial charge in [0.15, 0.2) is 17.0 Å². The van der Waals surface area contributed by atoms with Crippen LogP contribution in [0.2, 0.25) is 0 Å². The third-order valence-corrected chi connectivity index (χ3v) is 10.1. The molecule has 1 unspecified atom stereocenters. The number of primary sulfonamides is 1. The SMILES string of the molecule is CCn1nnc([C@@]2(n3cnc4c(N[C@H](CO)Cc5ccccc5)nc(N5CCC(NC(=O)Nc6cccc(S(N)(=O)=O)c6)C5)nc43)OC[C@H](O)[C@H]2O)n1. The number of imidazole rings is 1. The predicted molar refractivity (Wildman–Crippen MR) is 189 cm³/mol. The fraction of sp³-hybridized carbons (Fsp3) is 0.406. The smallest absolute Gasteiger partial charge is 0.319 e. The van der Waals surface area contributed by atoms with Crippen LogP contribution in [0.4, 0.5) is 22.2 Å². The van der Waals surface area contributed by atoms with Crippen molar-refractivity contribution in [3.63, 3.8) is 0 Å². The van der Waals surface area contributed by atoms with E-state index in [0.717, 1.165) is 5.56 Å². The van der Waals surface area contributed by atoms with E-state index in [9.17, 15) is 28.5 Å². The van der Waals surface area contributed by atoms with Gasteiger partial charge in [0.2, 0.25) is 27.5 Å². The third-order valence-electron chi connectivity index (χ3n) is 9.15. The second-order valence-corrected chi connectivity index (χ2v) is 14.4. The Bertz CT molecular complexity index is 2200. The van der Waals surface area contributed by atoms with Crippen LogP contribution in [0.5, 0.6) is 0 Å². The van der Waals surface area contributed by atoms with E-state index in [-0.39, 0.29) is 58.6 Å². The van der Waals surface area contributed by atoms with Crippen LogP contribution in [0.15, 0.2) is 65.8 Å². The Morgan fingerprint density at radius 2 is 1.96 bits per heavy atom. The Labute approximate surface area is 303 Å². The standard InChI is InChI=1S/C32H39N13O7S/c1-2-45-41-29(40-42-45)32(26(48)24(47)17-52-32)44-18-34-25-27(35-22(16-46)13-19-7-4-3-5-8-19)38-30(39-28(25)44)43-12-11-21(15-43)37-31(49)36-20-9-6-10-23(14-20)53(33,50)51/h3-10,14,18,21-22,24,26,46-48H,2,11-13,15-17H2,1H3,(H2,33,50,51)(H,35,38,39)(H2,36,37,49)/t21?,22-,24-,26+,32-/m0/s1. The lowest BCUT2D eigenvalue weighted by atomic mass is 10.0. The predicted octanol–water partition coefficient (Wildman–Crippen LogP) is -0.651. The number of ether oxygens (including phenoxy) is 1. The van der Waals surface area contributed by atoms with Crippen LogP contribution in [-0.2, 0) is 33.5 Å². The number of hydrogen-bond donors (Lipinski definition) is 7. The second kappa shape index (κ2) is 14.6. The molecule has 8 N–H and O–H groups in total. The number of benzene rings is 2. The van der Waals surface area contributed by atoms with E-state index in [1.165, 1.54) is 33.9 Å². The first-order valence-electron chi connectivity index (χ1n) is 16.9. The average molecular weight is 750 g/mol. The Morgan fingerprint density at radius 1 is 1.15 bits per heavy atom. The van der Waals surface area contributed by atoms with Crippen molar-refractivity contribution < 1.29 is 33.3 Å². The van der Waals surface area contributed by atoms with Gasteiger partial charge in [-0.15, -0.1) is 10.2 Å². The molecule has 2 aliphatic rings. The first-order valence-corrected chi connectivity index (χ1v) is 18.4. The van der Waals surface area contributed by atoms with Crippen molar-refractivity contribution in [1.29, 1.82) is 0 Å². The van der Waals surface area contributed by atoms with Crippen LogP contribution < -0.4 is 26.0 Å². The minimum Gasteiger partial charge on any atom is -0.394 e. The number of sulfonamides is 1. The molecule has 0 bridgehead atoms. The topological polar surface area (TPSA) is 274 Å². The summed E-state index contributed by atoms with van der Waals surface area (Å²) in [6, 6.07) is 13.9. The van der Waals surface area contributed by atoms with Gasteiger partial charge in [-0.2, -0.15) is 14.8 Å². The molecule has 7 rings (SSSR count). The Morgan fingerprint density at radius 3 is 2.66 bits per heavy atom. The highest BCUT2D eigenvalue weighted by Gasteiger charge is 2.56. The first kappa shape index (κ1) is 36.1. The number of carbonyl (C=O) groups is 1. The van der Waals surface area contributed by atoms with E-state index in [4.69, 9.17) is 19.8 Å². The molecule has 0 spiro atoms. The fourth-order valence-electron chi connectivity index (χ4n) is 6.48. The van der Waals surface area contributed by atoms with Gasteiger partial charge in [-0.3, -0.25) is 4.57 Å². The molecule has 280 valence electrons. The highest BCUT2D eigenvalue weighted by Crippen LogP contribution is 2.39. The molecule has 21 heteroatoms. The Hall–Kier alpha value is -5.32. The highest BCUT2D eigenvalue weighted by molar-refractivity contribution is 7.89. The largest absolute Gasteiger partial charge is 0.394 e. The van der Waals surface area contributed by atoms with Crippen LogP contribution >= 0.6 is 0 Å². The minimum absolute atomic E-state index is 0.0132. The molecule has 0 saturated carbocycles. The lowest BCUT2D eigenvalue weighted by Gasteiger charge is -2.30. The van der Waals surface area contributed by atoms with Crippen molar-refractivity contribution in [2.75, 3.05) is 41.8 Å². The lowest BCUT2D eigenvalue weighted by molar-refractivity contribution is -0.0951. The van der Waals surface area contributed by atoms with Crippen molar-refractivity contribution >= 4 is 44.7 Å². The number of nitrogens with zero attached hydrogens (tertiary/aromatic N) is 9. The van der Waals surface area contributed by atoms with Crippen LogP contribution in [0, 0.1) is 0 Å². The van der Waals surface area contributed by atoms with Crippen LogP contribution in [0.1, 0.15) is 24.7 Å². The van der Waals surface area contributed by atoms with Crippen LogP contribution in [-0.4, -0.2) is 120 Å². The third kappa shape index (κ3) is 7.21. The molecule has 20 nitrogen and oxygen atoms in total. The van der Waals surface area contributed by atoms with E-state index < -0.39 is 40.0 Å².